The molecular formula is C21H22N6. The molecular weight excluding hydrogens is 336 g/mol. The average molecular weight is 358 g/mol. The summed E-state index contributed by atoms with van der Waals surface area (Å²) in [7, 11) is 0. The number of benzene rings is 2. The number of hydrazone groups is 1. The molecule has 2 heterocycles. The molecule has 6 heteroatoms. The van der Waals surface area contributed by atoms with Gasteiger partial charge in [0.2, 0.25) is 0 Å². The summed E-state index contributed by atoms with van der Waals surface area (Å²) in [6, 6.07) is 16.5. The van der Waals surface area contributed by atoms with Crippen LogP contribution in [0.4, 0.5) is 5.95 Å². The maximum Gasteiger partial charge on any atom is 0.265 e. The second kappa shape index (κ2) is 7.53. The zero-order valence-electron chi connectivity index (χ0n) is 15.6. The van der Waals surface area contributed by atoms with Gasteiger partial charge in [0.15, 0.2) is 5.65 Å². The fourth-order valence-corrected chi connectivity index (χ4v) is 3.20. The van der Waals surface area contributed by atoms with E-state index < -0.39 is 0 Å². The number of fused-ring (bicyclic) bond motifs is 3. The van der Waals surface area contributed by atoms with Crippen LogP contribution in [0.2, 0.25) is 0 Å². The van der Waals surface area contributed by atoms with Crippen LogP contribution in [0.15, 0.2) is 53.6 Å². The summed E-state index contributed by atoms with van der Waals surface area (Å²) < 4.78 is 2.19. The van der Waals surface area contributed by atoms with Crippen molar-refractivity contribution in [2.45, 2.75) is 33.2 Å². The number of anilines is 1. The molecule has 0 fully saturated rings. The minimum Gasteiger partial charge on any atom is -0.324 e. The number of aryl methyl sites for hydroxylation is 2. The van der Waals surface area contributed by atoms with E-state index >= 15 is 0 Å². The third-order valence-corrected chi connectivity index (χ3v) is 4.59. The van der Waals surface area contributed by atoms with Gasteiger partial charge in [-0.2, -0.15) is 10.1 Å². The zero-order valence-corrected chi connectivity index (χ0v) is 15.6. The Morgan fingerprint density at radius 1 is 1.04 bits per heavy atom. The van der Waals surface area contributed by atoms with E-state index in [9.17, 15) is 0 Å². The Morgan fingerprint density at radius 3 is 2.63 bits per heavy atom. The molecule has 0 radical (unpaired) electrons. The van der Waals surface area contributed by atoms with Crippen LogP contribution in [0.5, 0.6) is 0 Å². The Bertz CT molecular complexity index is 1100. The number of hydrogen-bond acceptors (Lipinski definition) is 5. The summed E-state index contributed by atoms with van der Waals surface area (Å²) in [6.07, 6.45) is 3.81. The topological polar surface area (TPSA) is 68.0 Å². The van der Waals surface area contributed by atoms with Crippen molar-refractivity contribution in [2.75, 3.05) is 5.43 Å². The van der Waals surface area contributed by atoms with E-state index in [1.807, 2.05) is 24.3 Å². The highest BCUT2D eigenvalue weighted by Crippen LogP contribution is 2.26. The fourth-order valence-electron chi connectivity index (χ4n) is 3.20. The van der Waals surface area contributed by atoms with E-state index in [1.54, 1.807) is 6.21 Å². The van der Waals surface area contributed by atoms with Gasteiger partial charge in [-0.05, 0) is 30.0 Å². The minimum atomic E-state index is 0.393. The monoisotopic (exact) mass is 358 g/mol. The van der Waals surface area contributed by atoms with Crippen LogP contribution in [0, 0.1) is 0 Å². The van der Waals surface area contributed by atoms with E-state index in [0.717, 1.165) is 47.0 Å². The fraction of sp³-hybridized carbons (Fsp3) is 0.238. The molecule has 0 saturated carbocycles. The standard InChI is InChI=1S/C21H22N6/c1-3-13-27-18-8-6-5-7-17(18)19-20(27)23-21(26-24-19)25-22-14-16-11-9-15(4-2)10-12-16/h5-12,14H,3-4,13H2,1-2H3,(H,23,25,26)/b22-14+. The van der Waals surface area contributed by atoms with E-state index in [4.69, 9.17) is 0 Å². The van der Waals surface area contributed by atoms with Crippen LogP contribution in [0.25, 0.3) is 22.1 Å². The van der Waals surface area contributed by atoms with Crippen LogP contribution >= 0.6 is 0 Å². The van der Waals surface area contributed by atoms with Crippen molar-refractivity contribution in [3.63, 3.8) is 0 Å². The Labute approximate surface area is 158 Å². The Morgan fingerprint density at radius 2 is 1.85 bits per heavy atom. The predicted octanol–water partition coefficient (Wildman–Crippen LogP) is 4.40. The van der Waals surface area contributed by atoms with Gasteiger partial charge in [0.25, 0.3) is 5.95 Å². The van der Waals surface area contributed by atoms with Crippen molar-refractivity contribution in [2.24, 2.45) is 5.10 Å². The van der Waals surface area contributed by atoms with Crippen molar-refractivity contribution < 1.29 is 0 Å². The molecule has 27 heavy (non-hydrogen) atoms. The zero-order chi connectivity index (χ0) is 18.6. The van der Waals surface area contributed by atoms with Gasteiger partial charge in [-0.25, -0.2) is 5.43 Å². The third kappa shape index (κ3) is 3.38. The number of nitrogens with zero attached hydrogens (tertiary/aromatic N) is 5. The first kappa shape index (κ1) is 17.1. The number of nitrogens with one attached hydrogen (secondary N) is 1. The lowest BCUT2D eigenvalue weighted by atomic mass is 10.1. The molecule has 0 aliphatic rings. The number of hydrogen-bond donors (Lipinski definition) is 1. The maximum atomic E-state index is 4.65. The molecule has 0 unspecified atom stereocenters. The van der Waals surface area contributed by atoms with Crippen LogP contribution in [-0.4, -0.2) is 26.0 Å². The summed E-state index contributed by atoms with van der Waals surface area (Å²) in [6.45, 7) is 5.18. The average Bonchev–Trinajstić information content (AvgIpc) is 3.02. The summed E-state index contributed by atoms with van der Waals surface area (Å²) in [4.78, 5) is 4.65. The van der Waals surface area contributed by atoms with Crippen LogP contribution < -0.4 is 5.43 Å². The van der Waals surface area contributed by atoms with Gasteiger partial charge in [-0.1, -0.05) is 56.3 Å². The predicted molar refractivity (Wildman–Crippen MR) is 110 cm³/mol. The van der Waals surface area contributed by atoms with E-state index in [0.29, 0.717) is 5.95 Å². The molecule has 0 aliphatic carbocycles. The van der Waals surface area contributed by atoms with Gasteiger partial charge >= 0.3 is 0 Å². The van der Waals surface area contributed by atoms with Gasteiger partial charge in [0.1, 0.15) is 5.52 Å². The van der Waals surface area contributed by atoms with Crippen molar-refractivity contribution in [3.05, 3.63) is 59.7 Å². The summed E-state index contributed by atoms with van der Waals surface area (Å²) in [5.41, 5.74) is 8.01. The SMILES string of the molecule is CCCn1c2ccccc2c2nnc(N/N=C/c3ccc(CC)cc3)nc21. The number of para-hydroxylation sites is 1. The molecule has 0 atom stereocenters. The van der Waals surface area contributed by atoms with E-state index in [-0.39, 0.29) is 0 Å². The van der Waals surface area contributed by atoms with Crippen LogP contribution in [-0.2, 0) is 13.0 Å². The highest BCUT2D eigenvalue weighted by atomic mass is 15.4. The smallest absolute Gasteiger partial charge is 0.265 e. The van der Waals surface area contributed by atoms with Crippen molar-refractivity contribution in [1.29, 1.82) is 0 Å². The first-order valence-electron chi connectivity index (χ1n) is 9.29. The minimum absolute atomic E-state index is 0.393. The number of aromatic nitrogens is 4. The van der Waals surface area contributed by atoms with Gasteiger partial charge in [-0.3, -0.25) is 0 Å². The number of rotatable bonds is 6. The van der Waals surface area contributed by atoms with Crippen molar-refractivity contribution in [1.82, 2.24) is 19.7 Å². The molecule has 1 N–H and O–H groups in total. The molecule has 4 rings (SSSR count). The van der Waals surface area contributed by atoms with Crippen molar-refractivity contribution in [3.8, 4) is 0 Å². The second-order valence-corrected chi connectivity index (χ2v) is 6.44. The van der Waals surface area contributed by atoms with Gasteiger partial charge in [-0.15, -0.1) is 10.2 Å². The maximum absolute atomic E-state index is 4.65. The van der Waals surface area contributed by atoms with E-state index in [2.05, 4.69) is 68.4 Å². The van der Waals surface area contributed by atoms with E-state index in [1.165, 1.54) is 5.56 Å². The van der Waals surface area contributed by atoms with Gasteiger partial charge in [0, 0.05) is 11.9 Å². The van der Waals surface area contributed by atoms with Gasteiger partial charge < -0.3 is 4.57 Å². The summed E-state index contributed by atoms with van der Waals surface area (Å²) in [5.74, 6) is 0.393. The van der Waals surface area contributed by atoms with Gasteiger partial charge in [0.05, 0.1) is 11.7 Å². The molecule has 6 nitrogen and oxygen atoms in total. The molecule has 0 amide bonds. The normalized spacial score (nSPS) is 11.6. The molecule has 4 aromatic rings. The highest BCUT2D eigenvalue weighted by molar-refractivity contribution is 6.04. The highest BCUT2D eigenvalue weighted by Gasteiger charge is 2.13. The lowest BCUT2D eigenvalue weighted by Gasteiger charge is -2.04. The first-order valence-corrected chi connectivity index (χ1v) is 9.29. The molecule has 2 aromatic heterocycles. The van der Waals surface area contributed by atoms with Crippen LogP contribution in [0.1, 0.15) is 31.4 Å². The lowest BCUT2D eigenvalue weighted by Crippen LogP contribution is -2.03. The molecule has 2 aromatic carbocycles. The van der Waals surface area contributed by atoms with Crippen LogP contribution in [0.3, 0.4) is 0 Å². The second-order valence-electron chi connectivity index (χ2n) is 6.44. The Balaban J connectivity index is 1.63. The molecule has 0 saturated heterocycles. The van der Waals surface area contributed by atoms with Crippen molar-refractivity contribution >= 4 is 34.2 Å². The Hall–Kier alpha value is -3.28. The third-order valence-electron chi connectivity index (χ3n) is 4.59. The molecule has 136 valence electrons. The largest absolute Gasteiger partial charge is 0.324 e. The summed E-state index contributed by atoms with van der Waals surface area (Å²) in [5, 5.41) is 13.9. The molecule has 0 spiro atoms. The first-order chi connectivity index (χ1) is 13.3. The lowest BCUT2D eigenvalue weighted by molar-refractivity contribution is 0.716. The Kier molecular flexibility index (Phi) is 4.78. The quantitative estimate of drug-likeness (QED) is 0.410. The summed E-state index contributed by atoms with van der Waals surface area (Å²) >= 11 is 0. The molecule has 0 bridgehead atoms. The molecule has 0 aliphatic heterocycles.